The molecular weight excluding hydrogens is 347 g/mol. The molecule has 2 amide bonds. The summed E-state index contributed by atoms with van der Waals surface area (Å²) in [7, 11) is 0. The van der Waals surface area contributed by atoms with Crippen LogP contribution in [0.5, 0.6) is 0 Å². The predicted molar refractivity (Wildman–Crippen MR) is 98.2 cm³/mol. The van der Waals surface area contributed by atoms with Gasteiger partial charge in [0.1, 0.15) is 5.67 Å². The molecule has 4 fully saturated rings. The van der Waals surface area contributed by atoms with Crippen molar-refractivity contribution in [2.75, 3.05) is 0 Å². The topological polar surface area (TPSA) is 78.4 Å². The van der Waals surface area contributed by atoms with E-state index in [9.17, 15) is 9.59 Å². The zero-order valence-corrected chi connectivity index (χ0v) is 15.2. The molecule has 4 bridgehead atoms. The van der Waals surface area contributed by atoms with E-state index in [1.54, 1.807) is 6.08 Å². The van der Waals surface area contributed by atoms with E-state index in [4.69, 9.17) is 5.21 Å². The van der Waals surface area contributed by atoms with Gasteiger partial charge in [0.2, 0.25) is 5.91 Å². The van der Waals surface area contributed by atoms with Crippen LogP contribution in [0, 0.1) is 17.3 Å². The van der Waals surface area contributed by atoms with E-state index in [1.165, 1.54) is 11.6 Å². The zero-order valence-electron chi connectivity index (χ0n) is 15.2. The standard InChI is InChI=1S/C21H25FN2O3/c22-21-10-16-7-17(11-21)9-20(8-16,13-21)19(26)23-12-15-3-1-14(2-4-15)5-6-18(25)24-27/h1-6,16-17,27H,7-13H2,(H,23,26)(H,24,25)/b6-5+/t16-,17+,20?,21?. The lowest BCUT2D eigenvalue weighted by Crippen LogP contribution is -2.58. The summed E-state index contributed by atoms with van der Waals surface area (Å²) in [4.78, 5) is 23.9. The number of halogens is 1. The van der Waals surface area contributed by atoms with Gasteiger partial charge < -0.3 is 5.32 Å². The van der Waals surface area contributed by atoms with E-state index in [0.717, 1.165) is 30.4 Å². The summed E-state index contributed by atoms with van der Waals surface area (Å²) < 4.78 is 15.0. The zero-order chi connectivity index (χ0) is 19.1. The molecule has 1 aromatic rings. The molecule has 0 saturated heterocycles. The fourth-order valence-electron chi connectivity index (χ4n) is 5.74. The summed E-state index contributed by atoms with van der Waals surface area (Å²) in [5.74, 6) is 0.142. The highest BCUT2D eigenvalue weighted by atomic mass is 19.1. The predicted octanol–water partition coefficient (Wildman–Crippen LogP) is 3.13. The molecule has 0 heterocycles. The Labute approximate surface area is 158 Å². The van der Waals surface area contributed by atoms with Gasteiger partial charge in [0.05, 0.1) is 5.41 Å². The quantitative estimate of drug-likeness (QED) is 0.422. The maximum Gasteiger partial charge on any atom is 0.267 e. The Morgan fingerprint density at radius 3 is 2.41 bits per heavy atom. The molecule has 2 unspecified atom stereocenters. The van der Waals surface area contributed by atoms with Gasteiger partial charge in [0.25, 0.3) is 5.91 Å². The van der Waals surface area contributed by atoms with Crippen LogP contribution in [-0.4, -0.2) is 22.7 Å². The number of carbonyl (C=O) groups is 2. The lowest BCUT2D eigenvalue weighted by Gasteiger charge is -2.58. The van der Waals surface area contributed by atoms with Crippen LogP contribution in [0.4, 0.5) is 4.39 Å². The summed E-state index contributed by atoms with van der Waals surface area (Å²) in [6.45, 7) is 0.413. The van der Waals surface area contributed by atoms with Gasteiger partial charge in [-0.2, -0.15) is 0 Å². The number of amides is 2. The maximum atomic E-state index is 15.0. The van der Waals surface area contributed by atoms with Crippen LogP contribution in [0.1, 0.15) is 49.7 Å². The minimum atomic E-state index is -1.13. The highest BCUT2D eigenvalue weighted by molar-refractivity contribution is 5.90. The van der Waals surface area contributed by atoms with Gasteiger partial charge in [0, 0.05) is 12.6 Å². The van der Waals surface area contributed by atoms with Crippen LogP contribution in [0.3, 0.4) is 0 Å². The number of carbonyl (C=O) groups excluding carboxylic acids is 2. The van der Waals surface area contributed by atoms with Crippen molar-refractivity contribution >= 4 is 17.9 Å². The monoisotopic (exact) mass is 372 g/mol. The molecule has 4 aliphatic rings. The van der Waals surface area contributed by atoms with Crippen molar-refractivity contribution in [2.24, 2.45) is 17.3 Å². The first-order chi connectivity index (χ1) is 12.9. The van der Waals surface area contributed by atoms with Crippen molar-refractivity contribution in [2.45, 2.75) is 50.7 Å². The Morgan fingerprint density at radius 1 is 1.15 bits per heavy atom. The fraction of sp³-hybridized carbons (Fsp3) is 0.524. The number of hydrogen-bond acceptors (Lipinski definition) is 3. The van der Waals surface area contributed by atoms with Crippen molar-refractivity contribution < 1.29 is 19.2 Å². The van der Waals surface area contributed by atoms with Crippen LogP contribution < -0.4 is 10.8 Å². The number of hydrogen-bond donors (Lipinski definition) is 3. The van der Waals surface area contributed by atoms with Gasteiger partial charge in [0.15, 0.2) is 0 Å². The van der Waals surface area contributed by atoms with Gasteiger partial charge in [-0.05, 0) is 67.6 Å². The average molecular weight is 372 g/mol. The third-order valence-electron chi connectivity index (χ3n) is 6.44. The number of alkyl halides is 1. The van der Waals surface area contributed by atoms with Crippen LogP contribution in [-0.2, 0) is 16.1 Å². The van der Waals surface area contributed by atoms with E-state index in [-0.39, 0.29) is 5.91 Å². The molecule has 4 saturated carbocycles. The van der Waals surface area contributed by atoms with Crippen LogP contribution in [0.2, 0.25) is 0 Å². The SMILES string of the molecule is O=C(/C=C/c1ccc(CNC(=O)C23C[C@@H]4C[C@@H](CC(F)(C4)C2)C3)cc1)NO. The molecule has 0 radical (unpaired) electrons. The molecule has 144 valence electrons. The van der Waals surface area contributed by atoms with Crippen molar-refractivity contribution in [1.29, 1.82) is 0 Å². The molecule has 5 nitrogen and oxygen atoms in total. The molecule has 3 N–H and O–H groups in total. The molecule has 1 aromatic carbocycles. The molecule has 6 heteroatoms. The van der Waals surface area contributed by atoms with Crippen LogP contribution in [0.25, 0.3) is 6.08 Å². The van der Waals surface area contributed by atoms with Crippen molar-refractivity contribution in [3.05, 3.63) is 41.5 Å². The third kappa shape index (κ3) is 3.63. The molecule has 4 aliphatic carbocycles. The minimum absolute atomic E-state index is 0.00205. The van der Waals surface area contributed by atoms with Crippen LogP contribution >= 0.6 is 0 Å². The Hall–Kier alpha value is -2.21. The number of rotatable bonds is 5. The Bertz CT molecular complexity index is 760. The number of nitrogens with one attached hydrogen (secondary N) is 2. The summed E-state index contributed by atoms with van der Waals surface area (Å²) in [6, 6.07) is 7.44. The first kappa shape index (κ1) is 18.2. The lowest BCUT2D eigenvalue weighted by atomic mass is 9.48. The normalized spacial score (nSPS) is 34.0. The van der Waals surface area contributed by atoms with E-state index in [2.05, 4.69) is 5.32 Å². The number of hydroxylamine groups is 1. The number of benzene rings is 1. The van der Waals surface area contributed by atoms with E-state index in [1.807, 2.05) is 24.3 Å². The fourth-order valence-corrected chi connectivity index (χ4v) is 5.74. The third-order valence-corrected chi connectivity index (χ3v) is 6.44. The average Bonchev–Trinajstić information content (AvgIpc) is 2.63. The molecule has 0 spiro atoms. The maximum absolute atomic E-state index is 15.0. The van der Waals surface area contributed by atoms with Gasteiger partial charge in [-0.1, -0.05) is 24.3 Å². The second-order valence-electron chi connectivity index (χ2n) is 8.63. The van der Waals surface area contributed by atoms with E-state index < -0.39 is 17.0 Å². The largest absolute Gasteiger partial charge is 0.352 e. The Morgan fingerprint density at radius 2 is 1.81 bits per heavy atom. The molecule has 0 aromatic heterocycles. The van der Waals surface area contributed by atoms with Gasteiger partial charge in [-0.15, -0.1) is 0 Å². The second kappa shape index (κ2) is 6.75. The highest BCUT2D eigenvalue weighted by Gasteiger charge is 2.61. The summed E-state index contributed by atoms with van der Waals surface area (Å²) in [6.07, 6.45) is 7.24. The molecule has 0 aliphatic heterocycles. The van der Waals surface area contributed by atoms with Crippen molar-refractivity contribution in [1.82, 2.24) is 10.8 Å². The molecule has 5 rings (SSSR count). The van der Waals surface area contributed by atoms with E-state index in [0.29, 0.717) is 37.6 Å². The van der Waals surface area contributed by atoms with E-state index >= 15 is 4.39 Å². The summed E-state index contributed by atoms with van der Waals surface area (Å²) in [5.41, 5.74) is 1.66. The molecule has 4 atom stereocenters. The smallest absolute Gasteiger partial charge is 0.267 e. The van der Waals surface area contributed by atoms with Gasteiger partial charge in [-0.3, -0.25) is 14.8 Å². The van der Waals surface area contributed by atoms with Crippen LogP contribution in [0.15, 0.2) is 30.3 Å². The second-order valence-corrected chi connectivity index (χ2v) is 8.63. The van der Waals surface area contributed by atoms with Crippen molar-refractivity contribution in [3.8, 4) is 0 Å². The first-order valence-electron chi connectivity index (χ1n) is 9.58. The first-order valence-corrected chi connectivity index (χ1v) is 9.58. The summed E-state index contributed by atoms with van der Waals surface area (Å²) >= 11 is 0. The summed E-state index contributed by atoms with van der Waals surface area (Å²) in [5, 5.41) is 11.5. The molecule has 27 heavy (non-hydrogen) atoms. The molecular formula is C21H25FN2O3. The van der Waals surface area contributed by atoms with Crippen molar-refractivity contribution in [3.63, 3.8) is 0 Å². The lowest BCUT2D eigenvalue weighted by molar-refractivity contribution is -0.160. The minimum Gasteiger partial charge on any atom is -0.352 e. The van der Waals surface area contributed by atoms with Gasteiger partial charge >= 0.3 is 0 Å². The highest BCUT2D eigenvalue weighted by Crippen LogP contribution is 2.63. The van der Waals surface area contributed by atoms with Gasteiger partial charge in [-0.25, -0.2) is 9.87 Å². The Kier molecular flexibility index (Phi) is 4.54. The Balaban J connectivity index is 1.37.